The van der Waals surface area contributed by atoms with Gasteiger partial charge in [-0.15, -0.1) is 0 Å². The van der Waals surface area contributed by atoms with E-state index < -0.39 is 4.92 Å². The van der Waals surface area contributed by atoms with Crippen molar-refractivity contribution in [3.05, 3.63) is 93.2 Å². The molecule has 2 aromatic carbocycles. The molecule has 1 aliphatic rings. The number of aryl methyl sites for hydroxylation is 1. The number of nitrogens with zero attached hydrogens (tertiary/aromatic N) is 3. The zero-order valence-corrected chi connectivity index (χ0v) is 15.9. The zero-order valence-electron chi connectivity index (χ0n) is 15.9. The van der Waals surface area contributed by atoms with Crippen LogP contribution in [0.25, 0.3) is 0 Å². The van der Waals surface area contributed by atoms with Crippen LogP contribution in [-0.4, -0.2) is 27.3 Å². The van der Waals surface area contributed by atoms with Crippen LogP contribution >= 0.6 is 0 Å². The third-order valence-corrected chi connectivity index (χ3v) is 4.98. The summed E-state index contributed by atoms with van der Waals surface area (Å²) in [7, 11) is 0. The predicted octanol–water partition coefficient (Wildman–Crippen LogP) is 4.29. The van der Waals surface area contributed by atoms with Gasteiger partial charge in [-0.25, -0.2) is 4.98 Å². The number of fused-ring (bicyclic) bond motifs is 1. The highest BCUT2D eigenvalue weighted by atomic mass is 16.6. The van der Waals surface area contributed by atoms with Gasteiger partial charge >= 0.3 is 0 Å². The topological polar surface area (TPSA) is 85.6 Å². The second-order valence-corrected chi connectivity index (χ2v) is 6.94. The number of amides is 1. The lowest BCUT2D eigenvalue weighted by Gasteiger charge is -2.29. The molecule has 0 saturated carbocycles. The quantitative estimate of drug-likeness (QED) is 0.491. The largest absolute Gasteiger partial charge is 0.439 e. The summed E-state index contributed by atoms with van der Waals surface area (Å²) in [4.78, 5) is 29.2. The van der Waals surface area contributed by atoms with Crippen molar-refractivity contribution in [1.29, 1.82) is 0 Å². The van der Waals surface area contributed by atoms with Crippen LogP contribution in [0.2, 0.25) is 0 Å². The van der Waals surface area contributed by atoms with Gasteiger partial charge in [0.1, 0.15) is 11.9 Å². The molecule has 1 aromatic heterocycles. The summed E-state index contributed by atoms with van der Waals surface area (Å²) < 4.78 is 5.72. The van der Waals surface area contributed by atoms with Crippen molar-refractivity contribution in [2.45, 2.75) is 19.9 Å². The summed E-state index contributed by atoms with van der Waals surface area (Å²) in [6.07, 6.45) is 2.01. The molecule has 29 heavy (non-hydrogen) atoms. The molecule has 0 radical (unpaired) electrons. The fourth-order valence-corrected chi connectivity index (χ4v) is 3.43. The van der Waals surface area contributed by atoms with Crippen LogP contribution in [0.3, 0.4) is 0 Å². The van der Waals surface area contributed by atoms with E-state index in [-0.39, 0.29) is 17.5 Å². The third-order valence-electron chi connectivity index (χ3n) is 4.98. The van der Waals surface area contributed by atoms with Gasteiger partial charge in [-0.2, -0.15) is 0 Å². The minimum atomic E-state index is -0.484. The monoisotopic (exact) mass is 389 g/mol. The second-order valence-electron chi connectivity index (χ2n) is 6.94. The molecule has 7 heteroatoms. The van der Waals surface area contributed by atoms with Crippen molar-refractivity contribution < 1.29 is 14.5 Å². The maximum Gasteiger partial charge on any atom is 0.290 e. The lowest BCUT2D eigenvalue weighted by Crippen LogP contribution is -2.35. The number of hydrogen-bond acceptors (Lipinski definition) is 5. The molecule has 0 bridgehead atoms. The molecule has 0 spiro atoms. The summed E-state index contributed by atoms with van der Waals surface area (Å²) >= 11 is 0. The lowest BCUT2D eigenvalue weighted by atomic mass is 9.99. The Morgan fingerprint density at radius 1 is 1.14 bits per heavy atom. The molecule has 0 unspecified atom stereocenters. The molecule has 2 heterocycles. The summed E-state index contributed by atoms with van der Waals surface area (Å²) in [5.74, 6) is 0.636. The Hall–Kier alpha value is -3.74. The van der Waals surface area contributed by atoms with E-state index in [2.05, 4.69) is 17.1 Å². The Kier molecular flexibility index (Phi) is 4.95. The van der Waals surface area contributed by atoms with E-state index in [0.29, 0.717) is 30.0 Å². The first-order valence-corrected chi connectivity index (χ1v) is 9.26. The highest BCUT2D eigenvalue weighted by Crippen LogP contribution is 2.26. The van der Waals surface area contributed by atoms with E-state index >= 15 is 0 Å². The fourth-order valence-electron chi connectivity index (χ4n) is 3.43. The van der Waals surface area contributed by atoms with Crippen LogP contribution in [0, 0.1) is 17.0 Å². The molecular weight excluding hydrogens is 370 g/mol. The van der Waals surface area contributed by atoms with Crippen molar-refractivity contribution in [1.82, 2.24) is 9.88 Å². The molecule has 3 aromatic rings. The third kappa shape index (κ3) is 3.94. The first kappa shape index (κ1) is 18.6. The number of carbonyl (C=O) groups is 1. The Balaban J connectivity index is 1.51. The predicted molar refractivity (Wildman–Crippen MR) is 107 cm³/mol. The molecule has 7 nitrogen and oxygen atoms in total. The number of aromatic nitrogens is 1. The van der Waals surface area contributed by atoms with E-state index in [1.165, 1.54) is 23.4 Å². The molecule has 0 aliphatic carbocycles. The smallest absolute Gasteiger partial charge is 0.290 e. The van der Waals surface area contributed by atoms with Crippen LogP contribution in [0.5, 0.6) is 11.6 Å². The van der Waals surface area contributed by atoms with Gasteiger partial charge < -0.3 is 9.64 Å². The molecule has 0 N–H and O–H groups in total. The summed E-state index contributed by atoms with van der Waals surface area (Å²) in [5, 5.41) is 10.9. The van der Waals surface area contributed by atoms with Crippen molar-refractivity contribution >= 4 is 11.6 Å². The average Bonchev–Trinajstić information content (AvgIpc) is 2.73. The van der Waals surface area contributed by atoms with Gasteiger partial charge in [-0.05, 0) is 42.7 Å². The maximum atomic E-state index is 13.0. The van der Waals surface area contributed by atoms with E-state index in [4.69, 9.17) is 4.74 Å². The molecule has 1 aliphatic heterocycles. The lowest BCUT2D eigenvalue weighted by molar-refractivity contribution is -0.385. The zero-order chi connectivity index (χ0) is 20.4. The molecular formula is C22H19N3O4. The number of pyridine rings is 1. The van der Waals surface area contributed by atoms with Gasteiger partial charge in [0.15, 0.2) is 0 Å². The Morgan fingerprint density at radius 3 is 2.69 bits per heavy atom. The minimum Gasteiger partial charge on any atom is -0.439 e. The van der Waals surface area contributed by atoms with E-state index in [0.717, 1.165) is 6.42 Å². The number of rotatable bonds is 4. The average molecular weight is 389 g/mol. The van der Waals surface area contributed by atoms with Crippen LogP contribution in [-0.2, 0) is 13.0 Å². The SMILES string of the molecule is Cc1cc(Oc2cccc(C(=O)N3CCc4ccccc4C3)c2)ncc1[N+](=O)[O-]. The van der Waals surface area contributed by atoms with Gasteiger partial charge in [0, 0.05) is 30.3 Å². The number of nitro groups is 1. The van der Waals surface area contributed by atoms with E-state index in [1.807, 2.05) is 17.0 Å². The van der Waals surface area contributed by atoms with Gasteiger partial charge in [0.2, 0.25) is 5.88 Å². The Bertz CT molecular complexity index is 1100. The molecule has 0 atom stereocenters. The Morgan fingerprint density at radius 2 is 1.93 bits per heavy atom. The first-order chi connectivity index (χ1) is 14.0. The van der Waals surface area contributed by atoms with Crippen LogP contribution in [0.4, 0.5) is 5.69 Å². The molecule has 0 saturated heterocycles. The highest BCUT2D eigenvalue weighted by Gasteiger charge is 2.22. The fraction of sp³-hybridized carbons (Fsp3) is 0.182. The minimum absolute atomic E-state index is 0.0576. The standard InChI is InChI=1S/C22H19N3O4/c1-15-11-21(23-13-20(15)25(27)28)29-19-8-4-7-17(12-19)22(26)24-10-9-16-5-2-3-6-18(16)14-24/h2-8,11-13H,9-10,14H2,1H3. The highest BCUT2D eigenvalue weighted by molar-refractivity contribution is 5.94. The van der Waals surface area contributed by atoms with E-state index in [1.54, 1.807) is 31.2 Å². The van der Waals surface area contributed by atoms with Crippen molar-refractivity contribution in [2.75, 3.05) is 6.54 Å². The number of benzene rings is 2. The summed E-state index contributed by atoms with van der Waals surface area (Å²) in [6.45, 7) is 2.88. The van der Waals surface area contributed by atoms with Crippen LogP contribution < -0.4 is 4.74 Å². The molecule has 0 fully saturated rings. The van der Waals surface area contributed by atoms with Crippen LogP contribution in [0.1, 0.15) is 27.0 Å². The number of hydrogen-bond donors (Lipinski definition) is 0. The van der Waals surface area contributed by atoms with Crippen molar-refractivity contribution in [3.63, 3.8) is 0 Å². The number of carbonyl (C=O) groups excluding carboxylic acids is 1. The Labute approximate surface area is 167 Å². The van der Waals surface area contributed by atoms with Crippen molar-refractivity contribution in [2.24, 2.45) is 0 Å². The summed E-state index contributed by atoms with van der Waals surface area (Å²) in [6, 6.07) is 16.6. The van der Waals surface area contributed by atoms with E-state index in [9.17, 15) is 14.9 Å². The normalized spacial score (nSPS) is 12.9. The van der Waals surface area contributed by atoms with Crippen molar-refractivity contribution in [3.8, 4) is 11.6 Å². The van der Waals surface area contributed by atoms with Gasteiger partial charge in [0.25, 0.3) is 11.6 Å². The van der Waals surface area contributed by atoms with Crippen LogP contribution in [0.15, 0.2) is 60.8 Å². The molecule has 4 rings (SSSR count). The maximum absolute atomic E-state index is 13.0. The molecule has 1 amide bonds. The van der Waals surface area contributed by atoms with Gasteiger partial charge in [0.05, 0.1) is 4.92 Å². The summed E-state index contributed by atoms with van der Waals surface area (Å²) in [5.41, 5.74) is 3.38. The van der Waals surface area contributed by atoms with Gasteiger partial charge in [-0.1, -0.05) is 30.3 Å². The first-order valence-electron chi connectivity index (χ1n) is 9.26. The number of ether oxygens (including phenoxy) is 1. The second kappa shape index (κ2) is 7.71. The molecule has 146 valence electrons. The van der Waals surface area contributed by atoms with Gasteiger partial charge in [-0.3, -0.25) is 14.9 Å².